The minimum Gasteiger partial charge on any atom is -0.303 e. The summed E-state index contributed by atoms with van der Waals surface area (Å²) in [6.07, 6.45) is 3.13. The molecule has 0 aromatic heterocycles. The zero-order valence-electron chi connectivity index (χ0n) is 15.3. The van der Waals surface area contributed by atoms with Gasteiger partial charge in [-0.15, -0.1) is 0 Å². The van der Waals surface area contributed by atoms with Crippen molar-refractivity contribution in [2.75, 3.05) is 26.2 Å². The molecular formula is C21H25N3O2S. The Balaban J connectivity index is 1.52. The molecule has 0 radical (unpaired) electrons. The third kappa shape index (κ3) is 5.64. The second kappa shape index (κ2) is 9.14. The number of hydrogen-bond acceptors (Lipinski definition) is 4. The highest BCUT2D eigenvalue weighted by atomic mass is 32.2. The molecule has 3 rings (SSSR count). The summed E-state index contributed by atoms with van der Waals surface area (Å²) in [6, 6.07) is 18.5. The molecule has 0 aliphatic carbocycles. The number of piperidine rings is 1. The lowest BCUT2D eigenvalue weighted by molar-refractivity contribution is 0.178. The lowest BCUT2D eigenvalue weighted by Crippen LogP contribution is -2.41. The fraction of sp³-hybridized carbons (Fsp3) is 0.381. The molecule has 2 aromatic carbocycles. The third-order valence-corrected chi connectivity index (χ3v) is 6.42. The van der Waals surface area contributed by atoms with Crippen molar-refractivity contribution in [2.45, 2.75) is 24.2 Å². The van der Waals surface area contributed by atoms with Gasteiger partial charge in [-0.05, 0) is 55.5 Å². The molecule has 0 spiro atoms. The summed E-state index contributed by atoms with van der Waals surface area (Å²) < 4.78 is 27.7. The van der Waals surface area contributed by atoms with Crippen LogP contribution in [0.2, 0.25) is 0 Å². The molecule has 1 heterocycles. The largest absolute Gasteiger partial charge is 0.303 e. The van der Waals surface area contributed by atoms with Crippen molar-refractivity contribution in [3.8, 4) is 6.07 Å². The Morgan fingerprint density at radius 2 is 1.96 bits per heavy atom. The van der Waals surface area contributed by atoms with Crippen LogP contribution in [0.15, 0.2) is 59.5 Å². The third-order valence-electron chi connectivity index (χ3n) is 5.00. The first-order valence-electron chi connectivity index (χ1n) is 9.33. The maximum atomic E-state index is 12.5. The van der Waals surface area contributed by atoms with Crippen LogP contribution in [0.3, 0.4) is 0 Å². The number of nitriles is 1. The van der Waals surface area contributed by atoms with Crippen LogP contribution in [0, 0.1) is 17.2 Å². The molecule has 0 amide bonds. The van der Waals surface area contributed by atoms with Crippen LogP contribution < -0.4 is 4.72 Å². The van der Waals surface area contributed by atoms with Gasteiger partial charge in [0, 0.05) is 19.6 Å². The maximum Gasteiger partial charge on any atom is 0.240 e. The molecule has 1 fully saturated rings. The van der Waals surface area contributed by atoms with E-state index < -0.39 is 10.0 Å². The van der Waals surface area contributed by atoms with E-state index >= 15 is 0 Å². The zero-order valence-corrected chi connectivity index (χ0v) is 16.2. The van der Waals surface area contributed by atoms with E-state index in [1.165, 1.54) is 17.7 Å². The molecule has 5 nitrogen and oxygen atoms in total. The lowest BCUT2D eigenvalue weighted by atomic mass is 9.98. The molecular weight excluding hydrogens is 358 g/mol. The van der Waals surface area contributed by atoms with Gasteiger partial charge in [-0.1, -0.05) is 36.4 Å². The average molecular weight is 384 g/mol. The minimum absolute atomic E-state index is 0.151. The standard InChI is InChI=1S/C21H25N3O2S/c22-15-19-8-4-10-21(14-19)27(25,26)23-16-20-9-5-12-24(17-20)13-11-18-6-2-1-3-7-18/h1-4,6-8,10,14,20,23H,5,9,11-13,16-17H2/t20-/m1/s1. The van der Waals surface area contributed by atoms with Gasteiger partial charge in [0.05, 0.1) is 16.5 Å². The molecule has 0 saturated carbocycles. The highest BCUT2D eigenvalue weighted by molar-refractivity contribution is 7.89. The predicted molar refractivity (Wildman–Crippen MR) is 106 cm³/mol. The molecule has 6 heteroatoms. The Bertz CT molecular complexity index is 891. The maximum absolute atomic E-state index is 12.5. The van der Waals surface area contributed by atoms with Gasteiger partial charge in [0.25, 0.3) is 0 Å². The highest BCUT2D eigenvalue weighted by Gasteiger charge is 2.22. The van der Waals surface area contributed by atoms with E-state index in [-0.39, 0.29) is 4.90 Å². The lowest BCUT2D eigenvalue weighted by Gasteiger charge is -2.32. The quantitative estimate of drug-likeness (QED) is 0.798. The van der Waals surface area contributed by atoms with Gasteiger partial charge in [0.15, 0.2) is 0 Å². The fourth-order valence-corrected chi connectivity index (χ4v) is 4.66. The van der Waals surface area contributed by atoms with Crippen molar-refractivity contribution in [3.05, 3.63) is 65.7 Å². The minimum atomic E-state index is -3.58. The van der Waals surface area contributed by atoms with Crippen molar-refractivity contribution in [3.63, 3.8) is 0 Å². The van der Waals surface area contributed by atoms with Gasteiger partial charge >= 0.3 is 0 Å². The van der Waals surface area contributed by atoms with Crippen molar-refractivity contribution < 1.29 is 8.42 Å². The molecule has 1 N–H and O–H groups in total. The van der Waals surface area contributed by atoms with Crippen LogP contribution in [0.4, 0.5) is 0 Å². The molecule has 0 bridgehead atoms. The van der Waals surface area contributed by atoms with Crippen molar-refractivity contribution >= 4 is 10.0 Å². The fourth-order valence-electron chi connectivity index (χ4n) is 3.50. The molecule has 1 aliphatic rings. The molecule has 1 saturated heterocycles. The number of nitrogens with zero attached hydrogens (tertiary/aromatic N) is 2. The van der Waals surface area contributed by atoms with Crippen LogP contribution in [0.5, 0.6) is 0 Å². The molecule has 2 aromatic rings. The highest BCUT2D eigenvalue weighted by Crippen LogP contribution is 2.18. The topological polar surface area (TPSA) is 73.2 Å². The summed E-state index contributed by atoms with van der Waals surface area (Å²) in [4.78, 5) is 2.57. The number of likely N-dealkylation sites (tertiary alicyclic amines) is 1. The van der Waals surface area contributed by atoms with Crippen LogP contribution in [-0.4, -0.2) is 39.5 Å². The second-order valence-corrected chi connectivity index (χ2v) is 8.80. The zero-order chi connectivity index (χ0) is 19.1. The van der Waals surface area contributed by atoms with E-state index in [1.54, 1.807) is 12.1 Å². The summed E-state index contributed by atoms with van der Waals surface area (Å²) in [7, 11) is -3.58. The van der Waals surface area contributed by atoms with E-state index in [2.05, 4.69) is 33.9 Å². The van der Waals surface area contributed by atoms with E-state index in [0.29, 0.717) is 18.0 Å². The second-order valence-electron chi connectivity index (χ2n) is 7.04. The first kappa shape index (κ1) is 19.6. The molecule has 1 atom stereocenters. The molecule has 142 valence electrons. The number of hydrogen-bond donors (Lipinski definition) is 1. The van der Waals surface area contributed by atoms with E-state index in [4.69, 9.17) is 5.26 Å². The number of nitrogens with one attached hydrogen (secondary N) is 1. The van der Waals surface area contributed by atoms with E-state index in [9.17, 15) is 8.42 Å². The van der Waals surface area contributed by atoms with Gasteiger partial charge in [-0.25, -0.2) is 13.1 Å². The molecule has 0 unspecified atom stereocenters. The summed E-state index contributed by atoms with van der Waals surface area (Å²) in [5.41, 5.74) is 1.68. The van der Waals surface area contributed by atoms with Crippen LogP contribution in [-0.2, 0) is 16.4 Å². The summed E-state index contributed by atoms with van der Waals surface area (Å²) in [6.45, 7) is 3.41. The molecule has 27 heavy (non-hydrogen) atoms. The Hall–Kier alpha value is -2.20. The predicted octanol–water partition coefficient (Wildman–Crippen LogP) is 2.79. The van der Waals surface area contributed by atoms with Gasteiger partial charge < -0.3 is 4.90 Å². The van der Waals surface area contributed by atoms with Gasteiger partial charge in [-0.3, -0.25) is 0 Å². The van der Waals surface area contributed by atoms with Gasteiger partial charge in [0.2, 0.25) is 10.0 Å². The normalized spacial score (nSPS) is 18.1. The Kier molecular flexibility index (Phi) is 6.62. The van der Waals surface area contributed by atoms with Crippen molar-refractivity contribution in [2.24, 2.45) is 5.92 Å². The van der Waals surface area contributed by atoms with Crippen molar-refractivity contribution in [1.29, 1.82) is 5.26 Å². The van der Waals surface area contributed by atoms with Crippen LogP contribution >= 0.6 is 0 Å². The Labute approximate surface area is 161 Å². The Morgan fingerprint density at radius 1 is 1.15 bits per heavy atom. The summed E-state index contributed by atoms with van der Waals surface area (Å²) in [5.74, 6) is 0.309. The average Bonchev–Trinajstić information content (AvgIpc) is 2.72. The Morgan fingerprint density at radius 3 is 2.74 bits per heavy atom. The summed E-state index contributed by atoms with van der Waals surface area (Å²) in [5, 5.41) is 8.95. The van der Waals surface area contributed by atoms with E-state index in [0.717, 1.165) is 38.9 Å². The van der Waals surface area contributed by atoms with Gasteiger partial charge in [-0.2, -0.15) is 5.26 Å². The SMILES string of the molecule is N#Cc1cccc(S(=O)(=O)NC[C@H]2CCCN(CCc3ccccc3)C2)c1. The molecule has 1 aliphatic heterocycles. The van der Waals surface area contributed by atoms with Crippen LogP contribution in [0.25, 0.3) is 0 Å². The first-order chi connectivity index (χ1) is 13.1. The number of sulfonamides is 1. The van der Waals surface area contributed by atoms with E-state index in [1.807, 2.05) is 12.1 Å². The monoisotopic (exact) mass is 383 g/mol. The van der Waals surface area contributed by atoms with Gasteiger partial charge in [0.1, 0.15) is 0 Å². The summed E-state index contributed by atoms with van der Waals surface area (Å²) >= 11 is 0. The van der Waals surface area contributed by atoms with Crippen molar-refractivity contribution in [1.82, 2.24) is 9.62 Å². The first-order valence-corrected chi connectivity index (χ1v) is 10.8. The van der Waals surface area contributed by atoms with Crippen LogP contribution in [0.1, 0.15) is 24.0 Å². The number of benzene rings is 2. The smallest absolute Gasteiger partial charge is 0.240 e. The number of rotatable bonds is 7.